The highest BCUT2D eigenvalue weighted by Gasteiger charge is 2.22. The number of hydrogen-bond donors (Lipinski definition) is 2. The Morgan fingerprint density at radius 3 is 3.00 bits per heavy atom. The van der Waals surface area contributed by atoms with Crippen LogP contribution in [-0.2, 0) is 6.42 Å². The van der Waals surface area contributed by atoms with E-state index in [2.05, 4.69) is 24.4 Å². The molecule has 0 fully saturated rings. The van der Waals surface area contributed by atoms with Gasteiger partial charge in [0.05, 0.1) is 0 Å². The van der Waals surface area contributed by atoms with Crippen molar-refractivity contribution in [2.24, 2.45) is 0 Å². The van der Waals surface area contributed by atoms with Gasteiger partial charge in [0.2, 0.25) is 0 Å². The molecule has 2 atom stereocenters. The summed E-state index contributed by atoms with van der Waals surface area (Å²) in [4.78, 5) is 0. The van der Waals surface area contributed by atoms with Crippen molar-refractivity contribution in [3.8, 4) is 5.75 Å². The maximum absolute atomic E-state index is 8.93. The van der Waals surface area contributed by atoms with Crippen LogP contribution in [0.3, 0.4) is 0 Å². The third-order valence-electron chi connectivity index (χ3n) is 3.32. The maximum atomic E-state index is 8.93. The number of hydrogen-bond acceptors (Lipinski definition) is 3. The molecule has 0 aliphatic carbocycles. The van der Waals surface area contributed by atoms with Crippen LogP contribution in [0.25, 0.3) is 0 Å². The first-order valence-electron chi connectivity index (χ1n) is 6.42. The van der Waals surface area contributed by atoms with Gasteiger partial charge in [0.25, 0.3) is 0 Å². The first-order chi connectivity index (χ1) is 8.33. The second-order valence-corrected chi connectivity index (χ2v) is 4.58. The average Bonchev–Trinajstić information content (AvgIpc) is 2.77. The van der Waals surface area contributed by atoms with Gasteiger partial charge >= 0.3 is 0 Å². The molecule has 1 heterocycles. The molecule has 94 valence electrons. The number of benzene rings is 1. The van der Waals surface area contributed by atoms with Crippen molar-refractivity contribution in [3.63, 3.8) is 0 Å². The second-order valence-electron chi connectivity index (χ2n) is 4.58. The monoisotopic (exact) mass is 235 g/mol. The Bertz CT molecular complexity index is 329. The van der Waals surface area contributed by atoms with E-state index in [4.69, 9.17) is 9.84 Å². The largest absolute Gasteiger partial charge is 0.488 e. The lowest BCUT2D eigenvalue weighted by atomic mass is 10.1. The molecule has 1 aromatic carbocycles. The van der Waals surface area contributed by atoms with Crippen molar-refractivity contribution in [1.29, 1.82) is 0 Å². The molecule has 0 bridgehead atoms. The number of aliphatic hydroxyl groups excluding tert-OH is 1. The summed E-state index contributed by atoms with van der Waals surface area (Å²) in [6.45, 7) is 3.24. The molecular weight excluding hydrogens is 214 g/mol. The van der Waals surface area contributed by atoms with Gasteiger partial charge in [0, 0.05) is 25.6 Å². The van der Waals surface area contributed by atoms with E-state index in [1.165, 1.54) is 5.56 Å². The molecule has 2 unspecified atom stereocenters. The Morgan fingerprint density at radius 1 is 1.47 bits per heavy atom. The Balaban J connectivity index is 1.79. The first-order valence-corrected chi connectivity index (χ1v) is 6.42. The number of ether oxygens (including phenoxy) is 1. The minimum Gasteiger partial charge on any atom is -0.488 e. The van der Waals surface area contributed by atoms with Crippen LogP contribution in [0.15, 0.2) is 24.3 Å². The molecule has 2 rings (SSSR count). The fraction of sp³-hybridized carbons (Fsp3) is 0.571. The normalized spacial score (nSPS) is 19.8. The summed E-state index contributed by atoms with van der Waals surface area (Å²) in [5, 5.41) is 12.4. The third kappa shape index (κ3) is 3.20. The molecule has 1 aromatic rings. The SMILES string of the molecule is CCC(CCO)NCC1Cc2ccccc2O1. The van der Waals surface area contributed by atoms with Crippen LogP contribution >= 0.6 is 0 Å². The number of aliphatic hydroxyl groups is 1. The number of para-hydroxylation sites is 1. The molecule has 17 heavy (non-hydrogen) atoms. The van der Waals surface area contributed by atoms with Crippen molar-refractivity contribution in [2.75, 3.05) is 13.2 Å². The first kappa shape index (κ1) is 12.4. The Morgan fingerprint density at radius 2 is 2.29 bits per heavy atom. The van der Waals surface area contributed by atoms with Crippen molar-refractivity contribution in [1.82, 2.24) is 5.32 Å². The molecule has 0 aromatic heterocycles. The quantitative estimate of drug-likeness (QED) is 0.789. The number of rotatable bonds is 6. The van der Waals surface area contributed by atoms with Gasteiger partial charge in [-0.3, -0.25) is 0 Å². The molecule has 0 saturated heterocycles. The van der Waals surface area contributed by atoms with Gasteiger partial charge in [0.1, 0.15) is 11.9 Å². The zero-order valence-corrected chi connectivity index (χ0v) is 10.4. The molecule has 0 radical (unpaired) electrons. The molecule has 3 heteroatoms. The van der Waals surface area contributed by atoms with Crippen LogP contribution in [0.5, 0.6) is 5.75 Å². The Labute approximate surface area is 103 Å². The predicted octanol–water partition coefficient (Wildman–Crippen LogP) is 1.74. The highest BCUT2D eigenvalue weighted by atomic mass is 16.5. The molecular formula is C14H21NO2. The van der Waals surface area contributed by atoms with Gasteiger partial charge in [-0.15, -0.1) is 0 Å². The summed E-state index contributed by atoms with van der Waals surface area (Å²) >= 11 is 0. The standard InChI is InChI=1S/C14H21NO2/c1-2-12(7-8-16)15-10-13-9-11-5-3-4-6-14(11)17-13/h3-6,12-13,15-16H,2,7-10H2,1H3. The maximum Gasteiger partial charge on any atom is 0.123 e. The van der Waals surface area contributed by atoms with E-state index in [0.717, 1.165) is 31.6 Å². The summed E-state index contributed by atoms with van der Waals surface area (Å²) in [6.07, 6.45) is 3.08. The molecule has 2 N–H and O–H groups in total. The van der Waals surface area contributed by atoms with E-state index < -0.39 is 0 Å². The molecule has 0 amide bonds. The van der Waals surface area contributed by atoms with Gasteiger partial charge in [-0.25, -0.2) is 0 Å². The van der Waals surface area contributed by atoms with Gasteiger partial charge in [0.15, 0.2) is 0 Å². The third-order valence-corrected chi connectivity index (χ3v) is 3.32. The summed E-state index contributed by atoms with van der Waals surface area (Å²) in [6, 6.07) is 8.61. The molecule has 0 spiro atoms. The minimum atomic E-state index is 0.236. The van der Waals surface area contributed by atoms with Gasteiger partial charge in [-0.1, -0.05) is 25.1 Å². The fourth-order valence-corrected chi connectivity index (χ4v) is 2.27. The molecule has 1 aliphatic heterocycles. The summed E-state index contributed by atoms with van der Waals surface area (Å²) in [7, 11) is 0. The van der Waals surface area contributed by atoms with Gasteiger partial charge in [-0.05, 0) is 24.5 Å². The Hall–Kier alpha value is -1.06. The summed E-state index contributed by atoms with van der Waals surface area (Å²) in [5.74, 6) is 1.02. The lowest BCUT2D eigenvalue weighted by molar-refractivity contribution is 0.209. The molecule has 3 nitrogen and oxygen atoms in total. The number of nitrogens with one attached hydrogen (secondary N) is 1. The van der Waals surface area contributed by atoms with Crippen LogP contribution in [0.1, 0.15) is 25.3 Å². The second kappa shape index (κ2) is 6.03. The minimum absolute atomic E-state index is 0.236. The zero-order valence-electron chi connectivity index (χ0n) is 10.4. The fourth-order valence-electron chi connectivity index (χ4n) is 2.27. The topological polar surface area (TPSA) is 41.5 Å². The zero-order chi connectivity index (χ0) is 12.1. The summed E-state index contributed by atoms with van der Waals surface area (Å²) < 4.78 is 5.85. The van der Waals surface area contributed by atoms with Crippen LogP contribution < -0.4 is 10.1 Å². The highest BCUT2D eigenvalue weighted by Crippen LogP contribution is 2.27. The van der Waals surface area contributed by atoms with Gasteiger partial charge < -0.3 is 15.2 Å². The van der Waals surface area contributed by atoms with Crippen LogP contribution in [-0.4, -0.2) is 30.4 Å². The van der Waals surface area contributed by atoms with E-state index in [1.54, 1.807) is 0 Å². The van der Waals surface area contributed by atoms with Gasteiger partial charge in [-0.2, -0.15) is 0 Å². The Kier molecular flexibility index (Phi) is 4.40. The van der Waals surface area contributed by atoms with E-state index in [1.807, 2.05) is 12.1 Å². The smallest absolute Gasteiger partial charge is 0.123 e. The lowest BCUT2D eigenvalue weighted by Gasteiger charge is -2.18. The van der Waals surface area contributed by atoms with E-state index in [-0.39, 0.29) is 12.7 Å². The van der Waals surface area contributed by atoms with Crippen LogP contribution in [0.4, 0.5) is 0 Å². The van der Waals surface area contributed by atoms with E-state index >= 15 is 0 Å². The average molecular weight is 235 g/mol. The van der Waals surface area contributed by atoms with E-state index in [0.29, 0.717) is 6.04 Å². The van der Waals surface area contributed by atoms with Crippen molar-refractivity contribution >= 4 is 0 Å². The van der Waals surface area contributed by atoms with E-state index in [9.17, 15) is 0 Å². The predicted molar refractivity (Wildman–Crippen MR) is 68.3 cm³/mol. The summed E-state index contributed by atoms with van der Waals surface area (Å²) in [5.41, 5.74) is 1.30. The highest BCUT2D eigenvalue weighted by molar-refractivity contribution is 5.37. The number of fused-ring (bicyclic) bond motifs is 1. The lowest BCUT2D eigenvalue weighted by Crippen LogP contribution is -2.37. The molecule has 0 saturated carbocycles. The van der Waals surface area contributed by atoms with Crippen molar-refractivity contribution < 1.29 is 9.84 Å². The molecule has 1 aliphatic rings. The van der Waals surface area contributed by atoms with Crippen LogP contribution in [0, 0.1) is 0 Å². The van der Waals surface area contributed by atoms with Crippen molar-refractivity contribution in [2.45, 2.75) is 38.3 Å². The van der Waals surface area contributed by atoms with Crippen LogP contribution in [0.2, 0.25) is 0 Å². The van der Waals surface area contributed by atoms with Crippen molar-refractivity contribution in [3.05, 3.63) is 29.8 Å².